The van der Waals surface area contributed by atoms with Crippen LogP contribution in [0, 0.1) is 6.92 Å². The Hall–Kier alpha value is -2.27. The molecule has 1 saturated heterocycles. The van der Waals surface area contributed by atoms with Gasteiger partial charge in [0.25, 0.3) is 0 Å². The van der Waals surface area contributed by atoms with Crippen LogP contribution in [-0.4, -0.2) is 46.3 Å². The van der Waals surface area contributed by atoms with Gasteiger partial charge in [0, 0.05) is 30.8 Å². The van der Waals surface area contributed by atoms with Crippen LogP contribution in [0.25, 0.3) is 0 Å². The van der Waals surface area contributed by atoms with Crippen molar-refractivity contribution in [2.24, 2.45) is 5.16 Å². The third-order valence-electron chi connectivity index (χ3n) is 5.11. The van der Waals surface area contributed by atoms with Crippen LogP contribution < -0.4 is 0 Å². The number of hydrogen-bond donors (Lipinski definition) is 0. The number of hydrogen-bond acceptors (Lipinski definition) is 5. The molecule has 1 aromatic carbocycles. The molecule has 3 heterocycles. The van der Waals surface area contributed by atoms with Crippen molar-refractivity contribution in [2.75, 3.05) is 19.6 Å². The molecule has 1 aromatic heterocycles. The lowest BCUT2D eigenvalue weighted by Gasteiger charge is -2.32. The first-order valence-corrected chi connectivity index (χ1v) is 9.08. The van der Waals surface area contributed by atoms with Gasteiger partial charge in [-0.15, -0.1) is 0 Å². The molecule has 0 spiro atoms. The molecule has 0 aliphatic carbocycles. The highest BCUT2D eigenvalue weighted by molar-refractivity contribution is 6.01. The van der Waals surface area contributed by atoms with Crippen LogP contribution in [0.1, 0.15) is 42.3 Å². The summed E-state index contributed by atoms with van der Waals surface area (Å²) in [5.41, 5.74) is 3.43. The van der Waals surface area contributed by atoms with Crippen molar-refractivity contribution >= 4 is 5.71 Å². The highest BCUT2D eigenvalue weighted by atomic mass is 16.6. The number of oxime groups is 1. The summed E-state index contributed by atoms with van der Waals surface area (Å²) in [6, 6.07) is 12.4. The van der Waals surface area contributed by atoms with Gasteiger partial charge in [-0.2, -0.15) is 0 Å². The van der Waals surface area contributed by atoms with Gasteiger partial charge in [-0.3, -0.25) is 4.90 Å². The van der Waals surface area contributed by atoms with Crippen molar-refractivity contribution in [1.29, 1.82) is 0 Å². The predicted molar refractivity (Wildman–Crippen MR) is 97.7 cm³/mol. The zero-order chi connectivity index (χ0) is 17.1. The molecule has 0 bridgehead atoms. The van der Waals surface area contributed by atoms with E-state index in [9.17, 15) is 0 Å². The first kappa shape index (κ1) is 16.2. The molecule has 1 unspecified atom stereocenters. The summed E-state index contributed by atoms with van der Waals surface area (Å²) < 4.78 is 0. The maximum Gasteiger partial charge on any atom is 0.145 e. The quantitative estimate of drug-likeness (QED) is 0.860. The number of likely N-dealkylation sites (tertiary alicyclic amines) is 1. The Morgan fingerprint density at radius 2 is 1.92 bits per heavy atom. The lowest BCUT2D eigenvalue weighted by molar-refractivity contribution is 0.0453. The summed E-state index contributed by atoms with van der Waals surface area (Å²) >= 11 is 0. The fourth-order valence-electron chi connectivity index (χ4n) is 3.73. The highest BCUT2D eigenvalue weighted by Crippen LogP contribution is 2.27. The van der Waals surface area contributed by atoms with E-state index >= 15 is 0 Å². The Kier molecular flexibility index (Phi) is 4.74. The monoisotopic (exact) mass is 336 g/mol. The Bertz CT molecular complexity index is 738. The molecule has 0 radical (unpaired) electrons. The van der Waals surface area contributed by atoms with E-state index < -0.39 is 0 Å². The third kappa shape index (κ3) is 3.87. The van der Waals surface area contributed by atoms with Gasteiger partial charge < -0.3 is 4.84 Å². The van der Waals surface area contributed by atoms with Crippen molar-refractivity contribution in [3.63, 3.8) is 0 Å². The van der Waals surface area contributed by atoms with E-state index in [1.165, 1.54) is 11.3 Å². The summed E-state index contributed by atoms with van der Waals surface area (Å²) in [5.74, 6) is 1.42. The van der Waals surface area contributed by atoms with E-state index in [1.807, 2.05) is 31.3 Å². The van der Waals surface area contributed by atoms with E-state index in [2.05, 4.69) is 38.2 Å². The van der Waals surface area contributed by atoms with Crippen molar-refractivity contribution in [3.8, 4) is 0 Å². The van der Waals surface area contributed by atoms with E-state index in [1.54, 1.807) is 0 Å². The minimum atomic E-state index is 0.174. The normalized spacial score (nSPS) is 21.8. The molecule has 1 atom stereocenters. The van der Waals surface area contributed by atoms with Crippen LogP contribution in [0.4, 0.5) is 0 Å². The molecule has 130 valence electrons. The fourth-order valence-corrected chi connectivity index (χ4v) is 3.73. The summed E-state index contributed by atoms with van der Waals surface area (Å²) in [5, 5.41) is 4.30. The maximum atomic E-state index is 5.68. The van der Waals surface area contributed by atoms with Crippen LogP contribution in [0.3, 0.4) is 0 Å². The lowest BCUT2D eigenvalue weighted by Crippen LogP contribution is -2.38. The van der Waals surface area contributed by atoms with Crippen molar-refractivity contribution in [2.45, 2.75) is 38.2 Å². The number of aromatic nitrogens is 2. The van der Waals surface area contributed by atoms with E-state index in [4.69, 9.17) is 4.84 Å². The van der Waals surface area contributed by atoms with Crippen LogP contribution in [0.2, 0.25) is 0 Å². The van der Waals surface area contributed by atoms with E-state index in [-0.39, 0.29) is 6.10 Å². The Balaban J connectivity index is 1.27. The van der Waals surface area contributed by atoms with Crippen molar-refractivity contribution < 1.29 is 4.84 Å². The molecular formula is C20H24N4O. The van der Waals surface area contributed by atoms with Crippen LogP contribution in [0.15, 0.2) is 47.8 Å². The van der Waals surface area contributed by atoms with Crippen molar-refractivity contribution in [3.05, 3.63) is 59.7 Å². The van der Waals surface area contributed by atoms with Gasteiger partial charge in [-0.1, -0.05) is 35.5 Å². The molecule has 2 aliphatic heterocycles. The first-order valence-electron chi connectivity index (χ1n) is 9.08. The van der Waals surface area contributed by atoms with Crippen LogP contribution >= 0.6 is 0 Å². The topological polar surface area (TPSA) is 50.6 Å². The minimum absolute atomic E-state index is 0.174. The molecule has 4 rings (SSSR count). The molecule has 5 heteroatoms. The second-order valence-corrected chi connectivity index (χ2v) is 6.94. The Morgan fingerprint density at radius 3 is 2.68 bits per heavy atom. The third-order valence-corrected chi connectivity index (χ3v) is 5.11. The van der Waals surface area contributed by atoms with Gasteiger partial charge in [0.15, 0.2) is 0 Å². The predicted octanol–water partition coefficient (Wildman–Crippen LogP) is 3.16. The van der Waals surface area contributed by atoms with Gasteiger partial charge >= 0.3 is 0 Å². The fraction of sp³-hybridized carbons (Fsp3) is 0.450. The molecular weight excluding hydrogens is 312 g/mol. The number of piperidine rings is 1. The largest absolute Gasteiger partial charge is 0.390 e. The van der Waals surface area contributed by atoms with Gasteiger partial charge in [0.2, 0.25) is 0 Å². The molecule has 25 heavy (non-hydrogen) atoms. The first-order chi connectivity index (χ1) is 12.3. The molecule has 0 N–H and O–H groups in total. The Labute approximate surface area is 148 Å². The minimum Gasteiger partial charge on any atom is -0.390 e. The molecule has 2 aromatic rings. The highest BCUT2D eigenvalue weighted by Gasteiger charge is 2.27. The number of benzene rings is 1. The summed E-state index contributed by atoms with van der Waals surface area (Å²) in [7, 11) is 0. The maximum absolute atomic E-state index is 5.68. The van der Waals surface area contributed by atoms with Crippen LogP contribution in [-0.2, 0) is 4.84 Å². The van der Waals surface area contributed by atoms with Gasteiger partial charge in [-0.25, -0.2) is 9.97 Å². The summed E-state index contributed by atoms with van der Waals surface area (Å²) in [6.45, 7) is 5.10. The summed E-state index contributed by atoms with van der Waals surface area (Å²) in [6.07, 6.45) is 5.24. The number of rotatable bonds is 4. The van der Waals surface area contributed by atoms with Gasteiger partial charge in [-0.05, 0) is 44.5 Å². The van der Waals surface area contributed by atoms with Gasteiger partial charge in [0.1, 0.15) is 11.9 Å². The summed E-state index contributed by atoms with van der Waals surface area (Å²) in [4.78, 5) is 17.0. The smallest absolute Gasteiger partial charge is 0.145 e. The zero-order valence-electron chi connectivity index (χ0n) is 14.6. The van der Waals surface area contributed by atoms with E-state index in [0.29, 0.717) is 5.92 Å². The zero-order valence-corrected chi connectivity index (χ0v) is 14.6. The van der Waals surface area contributed by atoms with Crippen LogP contribution in [0.5, 0.6) is 0 Å². The second kappa shape index (κ2) is 7.31. The average Bonchev–Trinajstić information content (AvgIpc) is 3.12. The van der Waals surface area contributed by atoms with E-state index in [0.717, 1.165) is 50.4 Å². The molecule has 0 amide bonds. The number of nitrogens with zero attached hydrogens (tertiary/aromatic N) is 4. The lowest BCUT2D eigenvalue weighted by atomic mass is 9.93. The van der Waals surface area contributed by atoms with Gasteiger partial charge in [0.05, 0.1) is 5.71 Å². The molecule has 2 aliphatic rings. The van der Waals surface area contributed by atoms with Crippen molar-refractivity contribution in [1.82, 2.24) is 14.9 Å². The number of aryl methyl sites for hydroxylation is 1. The molecule has 5 nitrogen and oxygen atoms in total. The SMILES string of the molecule is Cc1nccc(C2CCN(CC3CC(c4ccccc4)=NO3)CC2)n1. The second-order valence-electron chi connectivity index (χ2n) is 6.94. The average molecular weight is 336 g/mol. The molecule has 1 fully saturated rings. The molecule has 0 saturated carbocycles. The standard InChI is InChI=1S/C20H24N4O/c1-15-21-10-7-19(22-15)17-8-11-24(12-9-17)14-18-13-20(23-25-18)16-5-3-2-4-6-16/h2-7,10,17-18H,8-9,11-14H2,1H3. The Morgan fingerprint density at radius 1 is 1.12 bits per heavy atom.